The van der Waals surface area contributed by atoms with Crippen LogP contribution in [0.25, 0.3) is 0 Å². The lowest BCUT2D eigenvalue weighted by molar-refractivity contribution is -0.126. The second-order valence-corrected chi connectivity index (χ2v) is 9.42. The van der Waals surface area contributed by atoms with Gasteiger partial charge in [0.15, 0.2) is 5.82 Å². The lowest BCUT2D eigenvalue weighted by Crippen LogP contribution is -2.45. The molecule has 182 valence electrons. The Morgan fingerprint density at radius 3 is 2.64 bits per heavy atom. The summed E-state index contributed by atoms with van der Waals surface area (Å²) in [5.41, 5.74) is 0. The third-order valence-corrected chi connectivity index (χ3v) is 7.29. The highest BCUT2D eigenvalue weighted by Gasteiger charge is 2.43. The Labute approximate surface area is 192 Å². The molecule has 0 spiro atoms. The standard InChI is InChI=1S/C22H32FN5O5/c1-13(29)24-9-17-11-28(22(31)33-17)16-6-7-18(19(23)8-16)14-2-4-15(5-3-14)21(30)25-10-20-26-12-32-27-20/h12,14-19H,2-11H2,1H3,(H,24,29)(H,25,30)/t14?,15?,16?,17-,18?,19?/m0/s1. The molecule has 3 amide bonds. The second-order valence-electron chi connectivity index (χ2n) is 9.42. The number of halogens is 1. The van der Waals surface area contributed by atoms with E-state index >= 15 is 4.39 Å². The van der Waals surface area contributed by atoms with Crippen molar-refractivity contribution >= 4 is 17.9 Å². The predicted molar refractivity (Wildman–Crippen MR) is 113 cm³/mol. The van der Waals surface area contributed by atoms with Crippen LogP contribution in [0.3, 0.4) is 0 Å². The van der Waals surface area contributed by atoms with Gasteiger partial charge in [0.25, 0.3) is 0 Å². The first-order valence-electron chi connectivity index (χ1n) is 11.8. The van der Waals surface area contributed by atoms with Crippen LogP contribution in [0.5, 0.6) is 0 Å². The fraction of sp³-hybridized carbons (Fsp3) is 0.773. The van der Waals surface area contributed by atoms with Gasteiger partial charge in [-0.05, 0) is 56.8 Å². The first kappa shape index (κ1) is 23.4. The Bertz CT molecular complexity index is 829. The monoisotopic (exact) mass is 465 g/mol. The summed E-state index contributed by atoms with van der Waals surface area (Å²) in [5.74, 6) is 0.423. The molecule has 0 radical (unpaired) electrons. The number of carbonyl (C=O) groups excluding carboxylic acids is 3. The molecule has 3 aliphatic rings. The Kier molecular flexibility index (Phi) is 7.44. The van der Waals surface area contributed by atoms with Gasteiger partial charge in [0.1, 0.15) is 12.3 Å². The number of hydrogen-bond acceptors (Lipinski definition) is 7. The Balaban J connectivity index is 1.21. The molecule has 0 aromatic carbocycles. The van der Waals surface area contributed by atoms with Crippen LogP contribution in [0.4, 0.5) is 9.18 Å². The van der Waals surface area contributed by atoms with Crippen molar-refractivity contribution in [1.29, 1.82) is 0 Å². The third-order valence-electron chi connectivity index (χ3n) is 7.29. The number of aromatic nitrogens is 2. The molecular weight excluding hydrogens is 433 g/mol. The van der Waals surface area contributed by atoms with Crippen molar-refractivity contribution in [3.8, 4) is 0 Å². The number of alkyl halides is 1. The minimum absolute atomic E-state index is 0.0138. The molecule has 11 heteroatoms. The first-order chi connectivity index (χ1) is 15.9. The van der Waals surface area contributed by atoms with Gasteiger partial charge in [0.2, 0.25) is 18.2 Å². The first-order valence-corrected chi connectivity index (χ1v) is 11.8. The topological polar surface area (TPSA) is 127 Å². The molecule has 3 unspecified atom stereocenters. The van der Waals surface area contributed by atoms with Gasteiger partial charge in [0, 0.05) is 18.9 Å². The summed E-state index contributed by atoms with van der Waals surface area (Å²) in [6, 6.07) is -0.168. The van der Waals surface area contributed by atoms with E-state index in [1.54, 1.807) is 4.90 Å². The lowest BCUT2D eigenvalue weighted by Gasteiger charge is -2.41. The highest BCUT2D eigenvalue weighted by atomic mass is 19.1. The summed E-state index contributed by atoms with van der Waals surface area (Å²) >= 11 is 0. The maximum absolute atomic E-state index is 15.2. The van der Waals surface area contributed by atoms with Crippen LogP contribution in [-0.4, -0.2) is 64.4 Å². The van der Waals surface area contributed by atoms with E-state index in [4.69, 9.17) is 4.74 Å². The maximum atomic E-state index is 15.2. The Morgan fingerprint density at radius 2 is 1.97 bits per heavy atom. The summed E-state index contributed by atoms with van der Waals surface area (Å²) in [5, 5.41) is 9.19. The molecule has 10 nitrogen and oxygen atoms in total. The molecule has 1 aromatic heterocycles. The predicted octanol–water partition coefficient (Wildman–Crippen LogP) is 1.96. The number of carbonyl (C=O) groups is 3. The lowest BCUT2D eigenvalue weighted by atomic mass is 9.69. The van der Waals surface area contributed by atoms with Crippen molar-refractivity contribution in [3.05, 3.63) is 12.2 Å². The average molecular weight is 466 g/mol. The molecule has 2 heterocycles. The van der Waals surface area contributed by atoms with Crippen molar-refractivity contribution in [2.75, 3.05) is 13.1 Å². The van der Waals surface area contributed by atoms with Crippen molar-refractivity contribution in [2.24, 2.45) is 17.8 Å². The molecular formula is C22H32FN5O5. The molecule has 33 heavy (non-hydrogen) atoms. The Morgan fingerprint density at radius 1 is 1.18 bits per heavy atom. The van der Waals surface area contributed by atoms with Crippen LogP contribution in [0, 0.1) is 17.8 Å². The SMILES string of the molecule is CC(=O)NC[C@H]1CN(C2CCC(C3CCC(C(=O)NCc4ncon4)CC3)C(F)C2)C(=O)O1. The minimum atomic E-state index is -0.973. The van der Waals surface area contributed by atoms with Crippen molar-refractivity contribution in [3.63, 3.8) is 0 Å². The number of nitrogens with zero attached hydrogens (tertiary/aromatic N) is 3. The fourth-order valence-electron chi connectivity index (χ4n) is 5.53. The van der Waals surface area contributed by atoms with Gasteiger partial charge in [0.05, 0.1) is 19.6 Å². The van der Waals surface area contributed by atoms with Crippen molar-refractivity contribution < 1.29 is 28.0 Å². The molecule has 1 aliphatic heterocycles. The Hall–Kier alpha value is -2.72. The van der Waals surface area contributed by atoms with Gasteiger partial charge in [-0.1, -0.05) is 5.16 Å². The number of amides is 3. The van der Waals surface area contributed by atoms with E-state index in [1.807, 2.05) is 0 Å². The van der Waals surface area contributed by atoms with E-state index in [0.29, 0.717) is 18.8 Å². The van der Waals surface area contributed by atoms with Gasteiger partial charge >= 0.3 is 6.09 Å². The summed E-state index contributed by atoms with van der Waals surface area (Å²) in [4.78, 5) is 41.3. The number of cyclic esters (lactones) is 1. The summed E-state index contributed by atoms with van der Waals surface area (Å²) < 4.78 is 25.2. The number of hydrogen-bond donors (Lipinski definition) is 2. The van der Waals surface area contributed by atoms with E-state index in [0.717, 1.165) is 38.5 Å². The van der Waals surface area contributed by atoms with Gasteiger partial charge < -0.3 is 24.8 Å². The highest BCUT2D eigenvalue weighted by Crippen LogP contribution is 2.42. The quantitative estimate of drug-likeness (QED) is 0.630. The fourth-order valence-corrected chi connectivity index (χ4v) is 5.53. The van der Waals surface area contributed by atoms with Gasteiger partial charge in [-0.25, -0.2) is 9.18 Å². The van der Waals surface area contributed by atoms with Crippen LogP contribution < -0.4 is 10.6 Å². The second kappa shape index (κ2) is 10.5. The summed E-state index contributed by atoms with van der Waals surface area (Å²) in [6.45, 7) is 2.32. The van der Waals surface area contributed by atoms with Crippen LogP contribution in [0.2, 0.25) is 0 Å². The number of rotatable bonds is 7. The molecule has 0 bridgehead atoms. The zero-order chi connectivity index (χ0) is 23.4. The molecule has 2 aliphatic carbocycles. The van der Waals surface area contributed by atoms with Crippen molar-refractivity contribution in [2.45, 2.75) is 76.7 Å². The minimum Gasteiger partial charge on any atom is -0.442 e. The van der Waals surface area contributed by atoms with Crippen LogP contribution in [0.1, 0.15) is 57.7 Å². The van der Waals surface area contributed by atoms with Crippen LogP contribution in [0.15, 0.2) is 10.9 Å². The van der Waals surface area contributed by atoms with E-state index in [9.17, 15) is 14.4 Å². The van der Waals surface area contributed by atoms with E-state index in [2.05, 4.69) is 25.3 Å². The third kappa shape index (κ3) is 5.80. The van der Waals surface area contributed by atoms with Gasteiger partial charge in [-0.2, -0.15) is 4.98 Å². The summed E-state index contributed by atoms with van der Waals surface area (Å²) in [6.07, 6.45) is 4.40. The van der Waals surface area contributed by atoms with Gasteiger partial charge in [-0.15, -0.1) is 0 Å². The molecule has 2 saturated carbocycles. The number of ether oxygens (including phenoxy) is 1. The normalized spacial score (nSPS) is 32.3. The zero-order valence-electron chi connectivity index (χ0n) is 18.9. The molecule has 1 saturated heterocycles. The molecule has 4 atom stereocenters. The molecule has 2 N–H and O–H groups in total. The van der Waals surface area contributed by atoms with E-state index in [1.165, 1.54) is 13.3 Å². The molecule has 3 fully saturated rings. The highest BCUT2D eigenvalue weighted by molar-refractivity contribution is 5.78. The zero-order valence-corrected chi connectivity index (χ0v) is 18.9. The maximum Gasteiger partial charge on any atom is 0.410 e. The van der Waals surface area contributed by atoms with Crippen molar-refractivity contribution in [1.82, 2.24) is 25.7 Å². The van der Waals surface area contributed by atoms with E-state index < -0.39 is 18.4 Å². The smallest absolute Gasteiger partial charge is 0.410 e. The molecule has 1 aromatic rings. The van der Waals surface area contributed by atoms with E-state index in [-0.39, 0.29) is 48.7 Å². The van der Waals surface area contributed by atoms with Crippen LogP contribution >= 0.6 is 0 Å². The van der Waals surface area contributed by atoms with Gasteiger partial charge in [-0.3, -0.25) is 9.59 Å². The number of nitrogens with one attached hydrogen (secondary N) is 2. The summed E-state index contributed by atoms with van der Waals surface area (Å²) in [7, 11) is 0. The van der Waals surface area contributed by atoms with Crippen LogP contribution in [-0.2, 0) is 20.9 Å². The largest absolute Gasteiger partial charge is 0.442 e. The molecule has 4 rings (SSSR count). The average Bonchev–Trinajstić information content (AvgIpc) is 3.45.